The van der Waals surface area contributed by atoms with Crippen molar-refractivity contribution in [3.63, 3.8) is 0 Å². The van der Waals surface area contributed by atoms with Gasteiger partial charge in [-0.05, 0) is 12.1 Å². The minimum Gasteiger partial charge on any atom is -0.475 e. The van der Waals surface area contributed by atoms with E-state index in [-0.39, 0.29) is 5.76 Å². The molecule has 0 amide bonds. The quantitative estimate of drug-likeness (QED) is 0.714. The van der Waals surface area contributed by atoms with E-state index >= 15 is 0 Å². The molecule has 3 rings (SSSR count). The maximum Gasteiger partial charge on any atom is 0.374 e. The summed E-state index contributed by atoms with van der Waals surface area (Å²) >= 11 is 0. The summed E-state index contributed by atoms with van der Waals surface area (Å²) in [5.41, 5.74) is 7.97. The predicted octanol–water partition coefficient (Wildman–Crippen LogP) is 1.57. The van der Waals surface area contributed by atoms with Crippen LogP contribution in [0.5, 0.6) is 0 Å². The lowest BCUT2D eigenvalue weighted by atomic mass is 10.1. The van der Waals surface area contributed by atoms with E-state index in [2.05, 4.69) is 15.1 Å². The summed E-state index contributed by atoms with van der Waals surface area (Å²) in [5, 5.41) is 12.5. The van der Waals surface area contributed by atoms with Crippen LogP contribution in [0, 0.1) is 0 Å². The van der Waals surface area contributed by atoms with E-state index < -0.39 is 5.97 Å². The number of anilines is 1. The Morgan fingerprint density at radius 2 is 2.11 bits per heavy atom. The third kappa shape index (κ3) is 1.97. The van der Waals surface area contributed by atoms with Gasteiger partial charge in [0.2, 0.25) is 5.76 Å². The van der Waals surface area contributed by atoms with Crippen molar-refractivity contribution in [3.8, 4) is 11.3 Å². The van der Waals surface area contributed by atoms with Gasteiger partial charge in [-0.3, -0.25) is 4.98 Å². The van der Waals surface area contributed by atoms with Crippen molar-refractivity contribution in [2.45, 2.75) is 0 Å². The van der Waals surface area contributed by atoms with Crippen molar-refractivity contribution >= 4 is 22.8 Å². The molecular weight excluding hydrogens is 248 g/mol. The molecule has 3 N–H and O–H groups in total. The Morgan fingerprint density at radius 1 is 1.26 bits per heavy atom. The molecule has 0 saturated heterocycles. The van der Waals surface area contributed by atoms with E-state index in [9.17, 15) is 4.79 Å². The first-order valence-corrected chi connectivity index (χ1v) is 5.36. The Balaban J connectivity index is 2.09. The molecule has 19 heavy (non-hydrogen) atoms. The van der Waals surface area contributed by atoms with E-state index in [1.165, 1.54) is 12.3 Å². The van der Waals surface area contributed by atoms with Crippen molar-refractivity contribution in [1.29, 1.82) is 0 Å². The van der Waals surface area contributed by atoms with Gasteiger partial charge in [0, 0.05) is 11.6 Å². The second-order valence-corrected chi connectivity index (χ2v) is 3.88. The average molecular weight is 256 g/mol. The molecule has 0 bridgehead atoms. The van der Waals surface area contributed by atoms with Crippen LogP contribution in [0.25, 0.3) is 22.3 Å². The van der Waals surface area contributed by atoms with Crippen LogP contribution in [0.1, 0.15) is 10.6 Å². The van der Waals surface area contributed by atoms with Gasteiger partial charge < -0.3 is 15.4 Å². The number of benzene rings is 1. The summed E-state index contributed by atoms with van der Waals surface area (Å²) in [4.78, 5) is 19.0. The summed E-state index contributed by atoms with van der Waals surface area (Å²) in [6.45, 7) is 0. The van der Waals surface area contributed by atoms with Crippen LogP contribution in [-0.2, 0) is 0 Å². The summed E-state index contributed by atoms with van der Waals surface area (Å²) in [5.74, 6) is -1.03. The number of nitrogen functional groups attached to an aromatic ring is 1. The van der Waals surface area contributed by atoms with Gasteiger partial charge in [-0.2, -0.15) is 0 Å². The van der Waals surface area contributed by atoms with Gasteiger partial charge in [0.15, 0.2) is 0 Å². The SMILES string of the molecule is Nc1cnc2cc(-c3cc(C(=O)O)on3)ccc2n1. The van der Waals surface area contributed by atoms with E-state index in [0.717, 1.165) is 0 Å². The molecule has 0 fully saturated rings. The topological polar surface area (TPSA) is 115 Å². The van der Waals surface area contributed by atoms with Gasteiger partial charge in [0.1, 0.15) is 11.5 Å². The Hall–Kier alpha value is -2.96. The Labute approximate surface area is 106 Å². The first kappa shape index (κ1) is 11.1. The van der Waals surface area contributed by atoms with Crippen molar-refractivity contribution in [1.82, 2.24) is 15.1 Å². The van der Waals surface area contributed by atoms with E-state index in [1.807, 2.05) is 0 Å². The fourth-order valence-corrected chi connectivity index (χ4v) is 1.70. The lowest BCUT2D eigenvalue weighted by Crippen LogP contribution is -1.92. The molecule has 1 aromatic carbocycles. The Kier molecular flexibility index (Phi) is 2.38. The second kappa shape index (κ2) is 4.05. The standard InChI is InChI=1S/C12H8N4O3/c13-11-5-14-9-3-6(1-2-7(9)15-11)8-4-10(12(17)18)19-16-8/h1-5H,(H2,13,15)(H,17,18). The molecule has 0 saturated carbocycles. The smallest absolute Gasteiger partial charge is 0.374 e. The summed E-state index contributed by atoms with van der Waals surface area (Å²) in [7, 11) is 0. The number of hydrogen-bond acceptors (Lipinski definition) is 6. The zero-order chi connectivity index (χ0) is 13.4. The molecule has 2 heterocycles. The maximum atomic E-state index is 10.7. The number of carboxylic acids is 1. The molecule has 0 atom stereocenters. The van der Waals surface area contributed by atoms with Crippen LogP contribution >= 0.6 is 0 Å². The molecule has 0 aliphatic heterocycles. The maximum absolute atomic E-state index is 10.7. The van der Waals surface area contributed by atoms with Gasteiger partial charge in [-0.15, -0.1) is 0 Å². The highest BCUT2D eigenvalue weighted by atomic mass is 16.5. The number of rotatable bonds is 2. The molecular formula is C12H8N4O3. The molecule has 94 valence electrons. The number of nitrogens with two attached hydrogens (primary N) is 1. The molecule has 0 aliphatic carbocycles. The van der Waals surface area contributed by atoms with Crippen LogP contribution in [0.3, 0.4) is 0 Å². The molecule has 2 aromatic heterocycles. The number of carbonyl (C=O) groups is 1. The predicted molar refractivity (Wildman–Crippen MR) is 66.4 cm³/mol. The van der Waals surface area contributed by atoms with E-state index in [4.69, 9.17) is 15.4 Å². The fraction of sp³-hybridized carbons (Fsp3) is 0. The third-order valence-electron chi connectivity index (χ3n) is 2.58. The fourth-order valence-electron chi connectivity index (χ4n) is 1.70. The molecule has 0 spiro atoms. The van der Waals surface area contributed by atoms with Crippen LogP contribution in [0.2, 0.25) is 0 Å². The molecule has 7 heteroatoms. The number of aromatic nitrogens is 3. The van der Waals surface area contributed by atoms with Crippen LogP contribution in [0.15, 0.2) is 35.0 Å². The minimum atomic E-state index is -1.16. The number of hydrogen-bond donors (Lipinski definition) is 2. The van der Waals surface area contributed by atoms with E-state index in [1.54, 1.807) is 18.2 Å². The largest absolute Gasteiger partial charge is 0.475 e. The van der Waals surface area contributed by atoms with Crippen molar-refractivity contribution in [2.75, 3.05) is 5.73 Å². The second-order valence-electron chi connectivity index (χ2n) is 3.88. The van der Waals surface area contributed by atoms with Gasteiger partial charge in [0.25, 0.3) is 0 Å². The van der Waals surface area contributed by atoms with Gasteiger partial charge in [0.05, 0.1) is 17.2 Å². The normalized spacial score (nSPS) is 10.7. The van der Waals surface area contributed by atoms with Crippen LogP contribution in [-0.4, -0.2) is 26.2 Å². The highest BCUT2D eigenvalue weighted by Gasteiger charge is 2.12. The Bertz CT molecular complexity index is 781. The lowest BCUT2D eigenvalue weighted by Gasteiger charge is -2.00. The van der Waals surface area contributed by atoms with Crippen LogP contribution < -0.4 is 5.73 Å². The van der Waals surface area contributed by atoms with Crippen molar-refractivity contribution in [3.05, 3.63) is 36.2 Å². The molecule has 0 aliphatic rings. The zero-order valence-electron chi connectivity index (χ0n) is 9.57. The summed E-state index contributed by atoms with van der Waals surface area (Å²) in [6.07, 6.45) is 1.46. The number of fused-ring (bicyclic) bond motifs is 1. The van der Waals surface area contributed by atoms with Gasteiger partial charge >= 0.3 is 5.97 Å². The van der Waals surface area contributed by atoms with Crippen molar-refractivity contribution in [2.24, 2.45) is 0 Å². The highest BCUT2D eigenvalue weighted by molar-refractivity contribution is 5.87. The third-order valence-corrected chi connectivity index (χ3v) is 2.58. The number of carboxylic acid groups (broad SMARTS) is 1. The number of nitrogens with zero attached hydrogens (tertiary/aromatic N) is 3. The van der Waals surface area contributed by atoms with Gasteiger partial charge in [-0.25, -0.2) is 9.78 Å². The minimum absolute atomic E-state index is 0.210. The number of aromatic carboxylic acids is 1. The summed E-state index contributed by atoms with van der Waals surface area (Å²) in [6, 6.07) is 6.59. The molecule has 7 nitrogen and oxygen atoms in total. The van der Waals surface area contributed by atoms with Crippen LogP contribution in [0.4, 0.5) is 5.82 Å². The first-order chi connectivity index (χ1) is 9.13. The molecule has 3 aromatic rings. The lowest BCUT2D eigenvalue weighted by molar-refractivity contribution is 0.0652. The van der Waals surface area contributed by atoms with Gasteiger partial charge in [-0.1, -0.05) is 11.2 Å². The monoisotopic (exact) mass is 256 g/mol. The average Bonchev–Trinajstić information content (AvgIpc) is 2.88. The van der Waals surface area contributed by atoms with E-state index in [0.29, 0.717) is 28.1 Å². The molecule has 0 radical (unpaired) electrons. The Morgan fingerprint density at radius 3 is 2.84 bits per heavy atom. The van der Waals surface area contributed by atoms with Crippen molar-refractivity contribution < 1.29 is 14.4 Å². The summed E-state index contributed by atoms with van der Waals surface area (Å²) < 4.78 is 4.71. The highest BCUT2D eigenvalue weighted by Crippen LogP contribution is 2.22. The zero-order valence-corrected chi connectivity index (χ0v) is 9.57. The first-order valence-electron chi connectivity index (χ1n) is 5.36. The molecule has 0 unspecified atom stereocenters.